The van der Waals surface area contributed by atoms with Crippen LogP contribution >= 0.6 is 0 Å². The minimum atomic E-state index is -1.05. The Morgan fingerprint density at radius 2 is 2.06 bits per heavy atom. The van der Waals surface area contributed by atoms with E-state index in [1.807, 2.05) is 20.8 Å². The molecule has 1 unspecified atom stereocenters. The summed E-state index contributed by atoms with van der Waals surface area (Å²) in [5.41, 5.74) is 5.53. The lowest BCUT2D eigenvalue weighted by Gasteiger charge is -2.35. The molecule has 0 spiro atoms. The van der Waals surface area contributed by atoms with E-state index in [9.17, 15) is 9.59 Å². The summed E-state index contributed by atoms with van der Waals surface area (Å²) in [4.78, 5) is 24.3. The van der Waals surface area contributed by atoms with Gasteiger partial charge in [-0.1, -0.05) is 20.8 Å². The lowest BCUT2D eigenvalue weighted by atomic mass is 9.86. The number of carboxylic acid groups (broad SMARTS) is 1. The summed E-state index contributed by atoms with van der Waals surface area (Å²) < 4.78 is 5.05. The molecule has 98 valence electrons. The Morgan fingerprint density at radius 1 is 1.47 bits per heavy atom. The summed E-state index contributed by atoms with van der Waals surface area (Å²) in [5.74, 6) is -1.26. The number of carboxylic acids is 1. The average molecular weight is 244 g/mol. The highest BCUT2D eigenvalue weighted by molar-refractivity contribution is 5.83. The number of carbonyl (C=O) groups is 2. The van der Waals surface area contributed by atoms with E-state index in [-0.39, 0.29) is 24.5 Å². The van der Waals surface area contributed by atoms with Gasteiger partial charge in [-0.3, -0.25) is 4.79 Å². The van der Waals surface area contributed by atoms with Gasteiger partial charge in [0.1, 0.15) is 0 Å². The predicted molar refractivity (Wildman–Crippen MR) is 61.4 cm³/mol. The lowest BCUT2D eigenvalue weighted by Crippen LogP contribution is -2.56. The van der Waals surface area contributed by atoms with Gasteiger partial charge in [0.25, 0.3) is 0 Å². The van der Waals surface area contributed by atoms with E-state index in [1.165, 1.54) is 4.90 Å². The van der Waals surface area contributed by atoms with Crippen molar-refractivity contribution in [1.29, 1.82) is 0 Å². The molecule has 1 amide bonds. The van der Waals surface area contributed by atoms with Gasteiger partial charge in [0.2, 0.25) is 5.91 Å². The summed E-state index contributed by atoms with van der Waals surface area (Å²) in [6, 6.07) is -0.630. The van der Waals surface area contributed by atoms with Crippen LogP contribution in [-0.2, 0) is 14.3 Å². The quantitative estimate of drug-likeness (QED) is 0.694. The Kier molecular flexibility index (Phi) is 4.11. The standard InChI is InChI=1S/C11H20N2O4/c1-11(2,3)8(12)9(14)13-4-5-17-7(6-13)10(15)16/h7-8H,4-6,12H2,1-3H3,(H,15,16)/t7?,8-/m1/s1. The number of ether oxygens (including phenoxy) is 1. The Labute approximate surface area is 101 Å². The first-order chi connectivity index (χ1) is 7.73. The van der Waals surface area contributed by atoms with Crippen LogP contribution in [0.5, 0.6) is 0 Å². The highest BCUT2D eigenvalue weighted by Gasteiger charge is 2.35. The molecule has 0 aromatic rings. The van der Waals surface area contributed by atoms with Crippen molar-refractivity contribution >= 4 is 11.9 Å². The van der Waals surface area contributed by atoms with Gasteiger partial charge >= 0.3 is 5.97 Å². The van der Waals surface area contributed by atoms with Crippen LogP contribution in [-0.4, -0.2) is 53.7 Å². The molecule has 1 fully saturated rings. The van der Waals surface area contributed by atoms with Gasteiger partial charge < -0.3 is 20.5 Å². The van der Waals surface area contributed by atoms with Crippen molar-refractivity contribution in [2.24, 2.45) is 11.1 Å². The maximum Gasteiger partial charge on any atom is 0.334 e. The number of nitrogens with two attached hydrogens (primary N) is 1. The van der Waals surface area contributed by atoms with E-state index in [0.717, 1.165) is 0 Å². The van der Waals surface area contributed by atoms with Crippen LogP contribution in [0.25, 0.3) is 0 Å². The van der Waals surface area contributed by atoms with Crippen molar-refractivity contribution in [3.63, 3.8) is 0 Å². The Bertz CT molecular complexity index is 311. The minimum Gasteiger partial charge on any atom is -0.479 e. The molecule has 0 aromatic heterocycles. The maximum atomic E-state index is 12.1. The van der Waals surface area contributed by atoms with Gasteiger partial charge in [-0.05, 0) is 5.41 Å². The molecule has 17 heavy (non-hydrogen) atoms. The molecule has 3 N–H and O–H groups in total. The number of nitrogens with zero attached hydrogens (tertiary/aromatic N) is 1. The number of amides is 1. The van der Waals surface area contributed by atoms with Crippen LogP contribution in [0.3, 0.4) is 0 Å². The fourth-order valence-corrected chi connectivity index (χ4v) is 1.57. The summed E-state index contributed by atoms with van der Waals surface area (Å²) in [6.45, 7) is 6.34. The minimum absolute atomic E-state index is 0.0674. The molecule has 0 bridgehead atoms. The third kappa shape index (κ3) is 3.41. The topological polar surface area (TPSA) is 92.9 Å². The first-order valence-corrected chi connectivity index (χ1v) is 5.62. The van der Waals surface area contributed by atoms with Crippen LogP contribution in [0.2, 0.25) is 0 Å². The second kappa shape index (κ2) is 5.01. The van der Waals surface area contributed by atoms with Crippen molar-refractivity contribution in [1.82, 2.24) is 4.90 Å². The largest absolute Gasteiger partial charge is 0.479 e. The molecular weight excluding hydrogens is 224 g/mol. The highest BCUT2D eigenvalue weighted by Crippen LogP contribution is 2.20. The maximum absolute atomic E-state index is 12.1. The second-order valence-electron chi connectivity index (χ2n) is 5.33. The first-order valence-electron chi connectivity index (χ1n) is 5.62. The lowest BCUT2D eigenvalue weighted by molar-refractivity contribution is -0.160. The number of hydrogen-bond donors (Lipinski definition) is 2. The molecule has 1 rings (SSSR count). The number of morpholine rings is 1. The van der Waals surface area contributed by atoms with Gasteiger partial charge in [0, 0.05) is 6.54 Å². The van der Waals surface area contributed by atoms with Crippen molar-refractivity contribution < 1.29 is 19.4 Å². The number of rotatable bonds is 2. The number of hydrogen-bond acceptors (Lipinski definition) is 4. The Balaban J connectivity index is 2.67. The summed E-state index contributed by atoms with van der Waals surface area (Å²) >= 11 is 0. The zero-order chi connectivity index (χ0) is 13.2. The molecule has 0 radical (unpaired) electrons. The van der Waals surface area contributed by atoms with Crippen molar-refractivity contribution in [2.75, 3.05) is 19.7 Å². The summed E-state index contributed by atoms with van der Waals surface area (Å²) in [5, 5.41) is 8.84. The first kappa shape index (κ1) is 13.9. The molecule has 1 aliphatic rings. The van der Waals surface area contributed by atoms with E-state index in [0.29, 0.717) is 6.54 Å². The fourth-order valence-electron chi connectivity index (χ4n) is 1.57. The van der Waals surface area contributed by atoms with Crippen LogP contribution < -0.4 is 5.73 Å². The molecule has 1 saturated heterocycles. The van der Waals surface area contributed by atoms with E-state index in [2.05, 4.69) is 0 Å². The summed E-state index contributed by atoms with van der Waals surface area (Å²) in [6.07, 6.45) is -0.945. The second-order valence-corrected chi connectivity index (χ2v) is 5.33. The molecule has 6 nitrogen and oxygen atoms in total. The van der Waals surface area contributed by atoms with Crippen molar-refractivity contribution in [3.8, 4) is 0 Å². The van der Waals surface area contributed by atoms with E-state index >= 15 is 0 Å². The molecule has 2 atom stereocenters. The summed E-state index contributed by atoms with van der Waals surface area (Å²) in [7, 11) is 0. The number of carbonyl (C=O) groups excluding carboxylic acids is 1. The molecule has 1 aliphatic heterocycles. The van der Waals surface area contributed by atoms with E-state index in [4.69, 9.17) is 15.6 Å². The van der Waals surface area contributed by atoms with Crippen molar-refractivity contribution in [2.45, 2.75) is 32.9 Å². The van der Waals surface area contributed by atoms with Gasteiger partial charge in [-0.15, -0.1) is 0 Å². The molecule has 0 saturated carbocycles. The third-order valence-electron chi connectivity index (χ3n) is 2.85. The van der Waals surface area contributed by atoms with Crippen LogP contribution in [0.15, 0.2) is 0 Å². The smallest absolute Gasteiger partial charge is 0.334 e. The van der Waals surface area contributed by atoms with Gasteiger partial charge in [0.15, 0.2) is 6.10 Å². The SMILES string of the molecule is CC(C)(C)[C@H](N)C(=O)N1CCOC(C(=O)O)C1. The highest BCUT2D eigenvalue weighted by atomic mass is 16.5. The predicted octanol–water partition coefficient (Wildman–Crippen LogP) is -0.328. The Hall–Kier alpha value is -1.14. The van der Waals surface area contributed by atoms with Gasteiger partial charge in [-0.2, -0.15) is 0 Å². The molecule has 6 heteroatoms. The van der Waals surface area contributed by atoms with E-state index < -0.39 is 18.1 Å². The normalized spacial score (nSPS) is 23.3. The Morgan fingerprint density at radius 3 is 2.53 bits per heavy atom. The average Bonchev–Trinajstić information content (AvgIpc) is 2.26. The molecular formula is C11H20N2O4. The zero-order valence-corrected chi connectivity index (χ0v) is 10.5. The van der Waals surface area contributed by atoms with E-state index in [1.54, 1.807) is 0 Å². The fraction of sp³-hybridized carbons (Fsp3) is 0.818. The third-order valence-corrected chi connectivity index (χ3v) is 2.85. The monoisotopic (exact) mass is 244 g/mol. The van der Waals surface area contributed by atoms with Gasteiger partial charge in [0.05, 0.1) is 19.2 Å². The van der Waals surface area contributed by atoms with Crippen LogP contribution in [0.4, 0.5) is 0 Å². The molecule has 1 heterocycles. The van der Waals surface area contributed by atoms with Crippen molar-refractivity contribution in [3.05, 3.63) is 0 Å². The molecule has 0 aliphatic carbocycles. The molecule has 0 aromatic carbocycles. The van der Waals surface area contributed by atoms with Gasteiger partial charge in [-0.25, -0.2) is 4.79 Å². The zero-order valence-electron chi connectivity index (χ0n) is 10.5. The number of aliphatic carboxylic acids is 1. The van der Waals surface area contributed by atoms with Crippen LogP contribution in [0, 0.1) is 5.41 Å². The van der Waals surface area contributed by atoms with Crippen LogP contribution in [0.1, 0.15) is 20.8 Å².